The maximum atomic E-state index is 12.5. The van der Waals surface area contributed by atoms with E-state index < -0.39 is 12.1 Å². The van der Waals surface area contributed by atoms with Gasteiger partial charge in [0.1, 0.15) is 11.9 Å². The van der Waals surface area contributed by atoms with Crippen molar-refractivity contribution in [3.8, 4) is 6.07 Å². The molecule has 78 valence electrons. The molecule has 2 N–H and O–H groups in total. The summed E-state index contributed by atoms with van der Waals surface area (Å²) in [6.45, 7) is 1.56. The minimum Gasteiger partial charge on any atom is -0.322 e. The molecule has 0 radical (unpaired) electrons. The number of benzene rings is 1. The molecule has 15 heavy (non-hydrogen) atoms. The normalized spacial score (nSPS) is 11.3. The number of carbonyl (C=O) groups is 1. The third-order valence-electron chi connectivity index (χ3n) is 1.64. The Labute approximate surface area is 86.7 Å². The van der Waals surface area contributed by atoms with E-state index in [1.54, 1.807) is 6.92 Å². The zero-order chi connectivity index (χ0) is 11.3. The van der Waals surface area contributed by atoms with Crippen molar-refractivity contribution in [3.63, 3.8) is 0 Å². The van der Waals surface area contributed by atoms with E-state index in [0.717, 1.165) is 0 Å². The van der Waals surface area contributed by atoms with Crippen molar-refractivity contribution in [2.75, 3.05) is 5.32 Å². The predicted molar refractivity (Wildman–Crippen MR) is 53.6 cm³/mol. The van der Waals surface area contributed by atoms with E-state index in [0.29, 0.717) is 5.69 Å². The average Bonchev–Trinajstić information content (AvgIpc) is 2.21. The van der Waals surface area contributed by atoms with E-state index in [1.807, 2.05) is 6.07 Å². The van der Waals surface area contributed by atoms with Crippen molar-refractivity contribution in [3.05, 3.63) is 30.1 Å². The van der Waals surface area contributed by atoms with Gasteiger partial charge in [-0.1, -0.05) is 0 Å². The second-order valence-electron chi connectivity index (χ2n) is 2.96. The number of urea groups is 1. The lowest BCUT2D eigenvalue weighted by molar-refractivity contribution is 0.251. The number of hydrogen-bond acceptors (Lipinski definition) is 2. The van der Waals surface area contributed by atoms with E-state index in [4.69, 9.17) is 5.26 Å². The molecule has 0 fully saturated rings. The van der Waals surface area contributed by atoms with Crippen molar-refractivity contribution < 1.29 is 9.18 Å². The molecule has 0 saturated heterocycles. The van der Waals surface area contributed by atoms with E-state index in [2.05, 4.69) is 10.6 Å². The van der Waals surface area contributed by atoms with Crippen LogP contribution in [0.5, 0.6) is 0 Å². The van der Waals surface area contributed by atoms with Crippen molar-refractivity contribution in [2.24, 2.45) is 0 Å². The molecule has 0 aliphatic rings. The van der Waals surface area contributed by atoms with Gasteiger partial charge >= 0.3 is 6.03 Å². The average molecular weight is 207 g/mol. The highest BCUT2D eigenvalue weighted by Gasteiger charge is 2.05. The summed E-state index contributed by atoms with van der Waals surface area (Å²) in [6.07, 6.45) is 0. The number of halogens is 1. The van der Waals surface area contributed by atoms with Crippen LogP contribution in [-0.4, -0.2) is 12.1 Å². The van der Waals surface area contributed by atoms with Crippen LogP contribution >= 0.6 is 0 Å². The fourth-order valence-electron chi connectivity index (χ4n) is 0.929. The Hall–Kier alpha value is -2.09. The van der Waals surface area contributed by atoms with Gasteiger partial charge < -0.3 is 10.6 Å². The lowest BCUT2D eigenvalue weighted by atomic mass is 10.3. The molecule has 5 heteroatoms. The third kappa shape index (κ3) is 3.65. The first-order valence-electron chi connectivity index (χ1n) is 4.34. The topological polar surface area (TPSA) is 64.9 Å². The summed E-state index contributed by atoms with van der Waals surface area (Å²) in [7, 11) is 0. The van der Waals surface area contributed by atoms with Crippen LogP contribution < -0.4 is 10.6 Å². The lowest BCUT2D eigenvalue weighted by Crippen LogP contribution is -2.35. The Morgan fingerprint density at radius 3 is 2.60 bits per heavy atom. The van der Waals surface area contributed by atoms with Gasteiger partial charge in [0, 0.05) is 5.69 Å². The van der Waals surface area contributed by atoms with Gasteiger partial charge in [0.15, 0.2) is 0 Å². The molecule has 4 nitrogen and oxygen atoms in total. The number of hydrogen-bond donors (Lipinski definition) is 2. The van der Waals surface area contributed by atoms with Gasteiger partial charge in [-0.2, -0.15) is 5.26 Å². The van der Waals surface area contributed by atoms with Gasteiger partial charge in [-0.3, -0.25) is 0 Å². The van der Waals surface area contributed by atoms with Crippen molar-refractivity contribution >= 4 is 11.7 Å². The molecular formula is C10H10FN3O. The van der Waals surface area contributed by atoms with Crippen LogP contribution in [0.15, 0.2) is 24.3 Å². The van der Waals surface area contributed by atoms with Crippen LogP contribution in [-0.2, 0) is 0 Å². The fraction of sp³-hybridized carbons (Fsp3) is 0.200. The Kier molecular flexibility index (Phi) is 3.63. The molecular weight excluding hydrogens is 197 g/mol. The van der Waals surface area contributed by atoms with Crippen LogP contribution in [0, 0.1) is 17.1 Å². The quantitative estimate of drug-likeness (QED) is 0.777. The molecule has 2 amide bonds. The molecule has 0 saturated carbocycles. The molecule has 0 spiro atoms. The largest absolute Gasteiger partial charge is 0.322 e. The maximum Gasteiger partial charge on any atom is 0.320 e. The van der Waals surface area contributed by atoms with Gasteiger partial charge in [0.25, 0.3) is 0 Å². The number of nitriles is 1. The van der Waals surface area contributed by atoms with Gasteiger partial charge in [-0.05, 0) is 31.2 Å². The lowest BCUT2D eigenvalue weighted by Gasteiger charge is -2.08. The van der Waals surface area contributed by atoms with Gasteiger partial charge in [-0.25, -0.2) is 9.18 Å². The highest BCUT2D eigenvalue weighted by molar-refractivity contribution is 5.89. The van der Waals surface area contributed by atoms with E-state index in [1.165, 1.54) is 24.3 Å². The highest BCUT2D eigenvalue weighted by Crippen LogP contribution is 2.07. The summed E-state index contributed by atoms with van der Waals surface area (Å²) in [4.78, 5) is 11.2. The first-order chi connectivity index (χ1) is 7.11. The molecule has 0 heterocycles. The zero-order valence-electron chi connectivity index (χ0n) is 8.12. The predicted octanol–water partition coefficient (Wildman–Crippen LogP) is 1.86. The monoisotopic (exact) mass is 207 g/mol. The Bertz CT molecular complexity index is 383. The molecule has 0 aliphatic carbocycles. The zero-order valence-corrected chi connectivity index (χ0v) is 8.12. The molecule has 0 aromatic heterocycles. The van der Waals surface area contributed by atoms with E-state index >= 15 is 0 Å². The second kappa shape index (κ2) is 4.96. The summed E-state index contributed by atoms with van der Waals surface area (Å²) >= 11 is 0. The minimum atomic E-state index is -0.564. The summed E-state index contributed by atoms with van der Waals surface area (Å²) in [5.74, 6) is -0.369. The van der Waals surface area contributed by atoms with Crippen LogP contribution in [0.3, 0.4) is 0 Å². The standard InChI is InChI=1S/C10H10FN3O/c1-7(6-12)13-10(15)14-9-4-2-8(11)3-5-9/h2-5,7H,1H3,(H2,13,14,15). The number of rotatable bonds is 2. The number of nitrogens with one attached hydrogen (secondary N) is 2. The number of amides is 2. The fourth-order valence-corrected chi connectivity index (χ4v) is 0.929. The summed E-state index contributed by atoms with van der Waals surface area (Å²) in [5.41, 5.74) is 0.471. The minimum absolute atomic E-state index is 0.369. The van der Waals surface area contributed by atoms with Crippen LogP contribution in [0.25, 0.3) is 0 Å². The first kappa shape index (κ1) is 11.0. The summed E-state index contributed by atoms with van der Waals surface area (Å²) in [6, 6.07) is 6.16. The Balaban J connectivity index is 2.52. The van der Waals surface area contributed by atoms with Crippen LogP contribution in [0.4, 0.5) is 14.9 Å². The summed E-state index contributed by atoms with van der Waals surface area (Å²) in [5, 5.41) is 13.3. The highest BCUT2D eigenvalue weighted by atomic mass is 19.1. The van der Waals surface area contributed by atoms with Crippen molar-refractivity contribution in [2.45, 2.75) is 13.0 Å². The number of anilines is 1. The second-order valence-corrected chi connectivity index (χ2v) is 2.96. The van der Waals surface area contributed by atoms with Crippen LogP contribution in [0.1, 0.15) is 6.92 Å². The molecule has 0 aliphatic heterocycles. The van der Waals surface area contributed by atoms with Gasteiger partial charge in [-0.15, -0.1) is 0 Å². The molecule has 1 aromatic rings. The Morgan fingerprint density at radius 1 is 1.47 bits per heavy atom. The summed E-state index contributed by atoms with van der Waals surface area (Å²) < 4.78 is 12.5. The van der Waals surface area contributed by atoms with E-state index in [9.17, 15) is 9.18 Å². The van der Waals surface area contributed by atoms with Gasteiger partial charge in [0.2, 0.25) is 0 Å². The molecule has 1 atom stereocenters. The van der Waals surface area contributed by atoms with E-state index in [-0.39, 0.29) is 5.82 Å². The molecule has 1 rings (SSSR count). The maximum absolute atomic E-state index is 12.5. The Morgan fingerprint density at radius 2 is 2.07 bits per heavy atom. The molecule has 0 bridgehead atoms. The van der Waals surface area contributed by atoms with Crippen LogP contribution in [0.2, 0.25) is 0 Å². The number of carbonyl (C=O) groups excluding carboxylic acids is 1. The molecule has 1 aromatic carbocycles. The molecule has 1 unspecified atom stereocenters. The third-order valence-corrected chi connectivity index (χ3v) is 1.64. The number of nitrogens with zero attached hydrogens (tertiary/aromatic N) is 1. The first-order valence-corrected chi connectivity index (χ1v) is 4.34. The SMILES string of the molecule is CC(C#N)NC(=O)Nc1ccc(F)cc1. The van der Waals surface area contributed by atoms with Crippen molar-refractivity contribution in [1.82, 2.24) is 5.32 Å². The van der Waals surface area contributed by atoms with Gasteiger partial charge in [0.05, 0.1) is 6.07 Å². The smallest absolute Gasteiger partial charge is 0.320 e. The van der Waals surface area contributed by atoms with Crippen molar-refractivity contribution in [1.29, 1.82) is 5.26 Å².